The fourth-order valence-corrected chi connectivity index (χ4v) is 9.18. The van der Waals surface area contributed by atoms with Crippen LogP contribution in [0.15, 0.2) is 36.0 Å². The van der Waals surface area contributed by atoms with E-state index >= 15 is 0 Å². The highest BCUT2D eigenvalue weighted by Gasteiger charge is 2.30. The average Bonchev–Trinajstić information content (AvgIpc) is 3.09. The van der Waals surface area contributed by atoms with E-state index in [1.807, 2.05) is 55.4 Å². The summed E-state index contributed by atoms with van der Waals surface area (Å²) in [6.07, 6.45) is 24.4. The highest BCUT2D eigenvalue weighted by atomic mass is 16.3. The molecule has 64 heavy (non-hydrogen) atoms. The first-order chi connectivity index (χ1) is 29.0. The van der Waals surface area contributed by atoms with Crippen molar-refractivity contribution in [3.63, 3.8) is 0 Å². The lowest BCUT2D eigenvalue weighted by Gasteiger charge is -2.30. The third kappa shape index (κ3) is 35.1. The molecule has 0 saturated carbocycles. The molecule has 0 fully saturated rings. The summed E-state index contributed by atoms with van der Waals surface area (Å²) in [5.74, 6) is 0. The van der Waals surface area contributed by atoms with Crippen molar-refractivity contribution >= 4 is 0 Å². The Morgan fingerprint density at radius 1 is 0.328 bits per heavy atom. The smallest absolute Gasteiger partial charge is 0.0797 e. The molecule has 0 aromatic rings. The van der Waals surface area contributed by atoms with Gasteiger partial charge in [0.05, 0.1) is 50.4 Å². The number of rotatable bonds is 39. The molecule has 0 aliphatic carbocycles. The first-order valence-corrected chi connectivity index (χ1v) is 25.5. The van der Waals surface area contributed by atoms with E-state index in [0.29, 0.717) is 141 Å². The zero-order valence-electron chi connectivity index (χ0n) is 43.8. The van der Waals surface area contributed by atoms with Gasteiger partial charge in [0, 0.05) is 0 Å². The van der Waals surface area contributed by atoms with Crippen molar-refractivity contribution in [2.45, 2.75) is 313 Å². The van der Waals surface area contributed by atoms with Gasteiger partial charge in [-0.05, 0) is 263 Å². The predicted molar refractivity (Wildman–Crippen MR) is 268 cm³/mol. The molecule has 0 aromatic carbocycles. The van der Waals surface area contributed by atoms with Gasteiger partial charge < -0.3 is 46.0 Å². The lowest BCUT2D eigenvalue weighted by Crippen LogP contribution is -2.31. The molecule has 9 heteroatoms. The Bertz CT molecular complexity index is 1330. The van der Waals surface area contributed by atoms with E-state index in [1.165, 1.54) is 17.2 Å². The maximum Gasteiger partial charge on any atom is 0.0797 e. The van der Waals surface area contributed by atoms with Crippen LogP contribution in [0.1, 0.15) is 263 Å². The Labute approximate surface area is 394 Å². The second-order valence-corrected chi connectivity index (χ2v) is 23.8. The van der Waals surface area contributed by atoms with Crippen LogP contribution in [0.4, 0.5) is 0 Å². The van der Waals surface area contributed by atoms with Crippen molar-refractivity contribution in [2.24, 2.45) is 0 Å². The molecule has 0 bridgehead atoms. The molecule has 0 amide bonds. The Kier molecular flexibility index (Phi) is 27.9. The van der Waals surface area contributed by atoms with E-state index < -0.39 is 50.4 Å². The van der Waals surface area contributed by atoms with E-state index in [9.17, 15) is 46.0 Å². The molecule has 380 valence electrons. The molecule has 0 rings (SSSR count). The third-order valence-corrected chi connectivity index (χ3v) is 14.1. The Hall–Kier alpha value is -1.14. The van der Waals surface area contributed by atoms with Crippen molar-refractivity contribution in [2.75, 3.05) is 0 Å². The van der Waals surface area contributed by atoms with Crippen LogP contribution in [0.2, 0.25) is 0 Å². The third-order valence-electron chi connectivity index (χ3n) is 14.1. The Morgan fingerprint density at radius 3 is 0.797 bits per heavy atom. The van der Waals surface area contributed by atoms with Crippen LogP contribution in [0.25, 0.3) is 0 Å². The van der Waals surface area contributed by atoms with Gasteiger partial charge in [-0.15, -0.1) is 6.58 Å². The normalized spacial score (nSPS) is 21.1. The molecule has 0 spiro atoms. The minimum atomic E-state index is -0.915. The van der Waals surface area contributed by atoms with Gasteiger partial charge in [0.25, 0.3) is 0 Å². The van der Waals surface area contributed by atoms with Gasteiger partial charge in [0.2, 0.25) is 0 Å². The number of aliphatic hydroxyl groups is 9. The van der Waals surface area contributed by atoms with Crippen LogP contribution in [-0.2, 0) is 0 Å². The molecule has 9 nitrogen and oxygen atoms in total. The summed E-state index contributed by atoms with van der Waals surface area (Å²) >= 11 is 0. The van der Waals surface area contributed by atoms with Crippen molar-refractivity contribution in [1.29, 1.82) is 0 Å². The first-order valence-electron chi connectivity index (χ1n) is 25.5. The highest BCUT2D eigenvalue weighted by Crippen LogP contribution is 2.33. The summed E-state index contributed by atoms with van der Waals surface area (Å²) in [6, 6.07) is 0. The van der Waals surface area contributed by atoms with Crippen LogP contribution >= 0.6 is 0 Å². The molecular formula is C55H106O9. The maximum atomic E-state index is 11.1. The molecule has 0 aliphatic rings. The summed E-state index contributed by atoms with van der Waals surface area (Å²) in [4.78, 5) is 0. The van der Waals surface area contributed by atoms with Gasteiger partial charge in [0.1, 0.15) is 0 Å². The molecule has 9 unspecified atom stereocenters. The second kappa shape index (κ2) is 28.4. The molecule has 0 saturated heterocycles. The zero-order valence-corrected chi connectivity index (χ0v) is 43.8. The molecular weight excluding hydrogens is 805 g/mol. The lowest BCUT2D eigenvalue weighted by molar-refractivity contribution is -0.00747. The lowest BCUT2D eigenvalue weighted by atomic mass is 9.83. The molecule has 0 aromatic heterocycles. The van der Waals surface area contributed by atoms with Gasteiger partial charge >= 0.3 is 0 Å². The van der Waals surface area contributed by atoms with Crippen LogP contribution in [0, 0.1) is 0 Å². The molecule has 0 aliphatic heterocycles. The minimum absolute atomic E-state index is 0.558. The fraction of sp³-hybridized carbons (Fsp3) is 0.891. The second-order valence-electron chi connectivity index (χ2n) is 23.8. The van der Waals surface area contributed by atoms with Crippen LogP contribution in [0.3, 0.4) is 0 Å². The molecule has 9 N–H and O–H groups in total. The summed E-state index contributed by atoms with van der Waals surface area (Å²) in [7, 11) is 0. The zero-order chi connectivity index (χ0) is 49.6. The monoisotopic (exact) mass is 911 g/mol. The van der Waals surface area contributed by atoms with Gasteiger partial charge in [-0.1, -0.05) is 29.4 Å². The minimum Gasteiger partial charge on any atom is -0.390 e. The average molecular weight is 911 g/mol. The van der Waals surface area contributed by atoms with Gasteiger partial charge in [0.15, 0.2) is 0 Å². The van der Waals surface area contributed by atoms with Crippen LogP contribution in [-0.4, -0.2) is 96.4 Å². The van der Waals surface area contributed by atoms with Crippen molar-refractivity contribution in [3.05, 3.63) is 36.0 Å². The maximum absolute atomic E-state index is 11.1. The number of hydrogen-bond donors (Lipinski definition) is 9. The summed E-state index contributed by atoms with van der Waals surface area (Å²) in [5, 5.41) is 97.9. The SMILES string of the molecule is C=CC(C)(O)CCCC(C)(O)CCCC(C)(O)CC/C=C(\C)CCCC(C)(O)CCCC(C)(O)CCCC(C)(O)CCCC(C)(O)CCCC(C)(O)CCCC(C)(O)CCC=C(C)C. The van der Waals surface area contributed by atoms with Crippen molar-refractivity contribution in [1.82, 2.24) is 0 Å². The van der Waals surface area contributed by atoms with Gasteiger partial charge in [-0.25, -0.2) is 0 Å². The Balaban J connectivity index is 4.42. The molecule has 9 atom stereocenters. The standard InChI is InChI=1S/C55H106O9/c1-14-47(5,56)31-18-32-51(9,60)36-20-34-49(7,58)29-16-26-46(4)27-17-30-50(8,59)35-21-38-53(11,62)40-23-42-55(13,64)44-24-43-54(12,63)41-22-39-52(10,61)37-19-33-48(6,57)28-15-25-45(2)3/h14,25-26,56-64H,1,15-24,27-44H2,2-13H3/b46-26+. The topological polar surface area (TPSA) is 182 Å². The summed E-state index contributed by atoms with van der Waals surface area (Å²) in [6.45, 7) is 26.4. The van der Waals surface area contributed by atoms with Gasteiger partial charge in [-0.2, -0.15) is 0 Å². The molecule has 0 radical (unpaired) electrons. The summed E-state index contributed by atoms with van der Waals surface area (Å²) < 4.78 is 0. The van der Waals surface area contributed by atoms with E-state index in [2.05, 4.69) is 39.5 Å². The van der Waals surface area contributed by atoms with E-state index in [0.717, 1.165) is 38.5 Å². The van der Waals surface area contributed by atoms with Gasteiger partial charge in [-0.3, -0.25) is 0 Å². The highest BCUT2D eigenvalue weighted by molar-refractivity contribution is 4.99. The fourth-order valence-electron chi connectivity index (χ4n) is 9.18. The van der Waals surface area contributed by atoms with E-state index in [1.54, 1.807) is 6.92 Å². The predicted octanol–water partition coefficient (Wildman–Crippen LogP) is 11.8. The largest absolute Gasteiger partial charge is 0.390 e. The van der Waals surface area contributed by atoms with Crippen molar-refractivity contribution < 1.29 is 46.0 Å². The Morgan fingerprint density at radius 2 is 0.547 bits per heavy atom. The summed E-state index contributed by atoms with van der Waals surface area (Å²) in [5.41, 5.74) is -5.11. The number of allylic oxidation sites excluding steroid dienone is 4. The quantitative estimate of drug-likeness (QED) is 0.0271. The first kappa shape index (κ1) is 62.9. The van der Waals surface area contributed by atoms with Crippen LogP contribution < -0.4 is 0 Å². The van der Waals surface area contributed by atoms with Crippen molar-refractivity contribution in [3.8, 4) is 0 Å². The number of hydrogen-bond acceptors (Lipinski definition) is 9. The molecule has 0 heterocycles. The van der Waals surface area contributed by atoms with E-state index in [4.69, 9.17) is 0 Å². The van der Waals surface area contributed by atoms with E-state index in [-0.39, 0.29) is 0 Å². The van der Waals surface area contributed by atoms with Crippen LogP contribution in [0.5, 0.6) is 0 Å².